The van der Waals surface area contributed by atoms with E-state index in [1.54, 1.807) is 0 Å². The maximum atomic E-state index is 12.0. The number of nitrogens with one attached hydrogen (secondary N) is 1. The monoisotopic (exact) mass is 337 g/mol. The van der Waals surface area contributed by atoms with Crippen molar-refractivity contribution < 1.29 is 19.5 Å². The highest BCUT2D eigenvalue weighted by molar-refractivity contribution is 7.52. The van der Waals surface area contributed by atoms with Crippen LogP contribution in [0.1, 0.15) is 72.1 Å². The van der Waals surface area contributed by atoms with Crippen molar-refractivity contribution in [2.75, 3.05) is 19.7 Å². The minimum absolute atomic E-state index is 0.236. The third-order valence-corrected chi connectivity index (χ3v) is 6.41. The summed E-state index contributed by atoms with van der Waals surface area (Å²) in [6, 6.07) is 0. The van der Waals surface area contributed by atoms with E-state index < -0.39 is 13.3 Å². The molecule has 4 N–H and O–H groups in total. The average molecular weight is 337 g/mol. The predicted octanol–water partition coefficient (Wildman–Crippen LogP) is 3.28. The molecule has 0 aromatic rings. The zero-order valence-electron chi connectivity index (χ0n) is 14.6. The Labute approximate surface area is 136 Å². The number of aliphatic hydroxyl groups is 1. The Morgan fingerprint density at radius 1 is 1.05 bits per heavy atom. The van der Waals surface area contributed by atoms with Crippen molar-refractivity contribution in [3.8, 4) is 0 Å². The van der Waals surface area contributed by atoms with E-state index >= 15 is 0 Å². The molecule has 0 amide bonds. The third-order valence-electron chi connectivity index (χ3n) is 4.87. The number of unbranched alkanes of at least 4 members (excludes halogenated alkanes) is 3. The molecule has 0 aliphatic rings. The molecule has 0 heterocycles. The van der Waals surface area contributed by atoms with Gasteiger partial charge >= 0.3 is 7.60 Å². The van der Waals surface area contributed by atoms with Crippen LogP contribution in [0.25, 0.3) is 0 Å². The van der Waals surface area contributed by atoms with Gasteiger partial charge in [0.25, 0.3) is 0 Å². The summed E-state index contributed by atoms with van der Waals surface area (Å²) >= 11 is 0. The highest BCUT2D eigenvalue weighted by atomic mass is 31.2. The Hall–Kier alpha value is 0.0700. The van der Waals surface area contributed by atoms with Gasteiger partial charge in [-0.25, -0.2) is 0 Å². The molecule has 5 nitrogen and oxygen atoms in total. The van der Waals surface area contributed by atoms with Gasteiger partial charge in [-0.2, -0.15) is 0 Å². The van der Waals surface area contributed by atoms with Crippen molar-refractivity contribution in [3.05, 3.63) is 0 Å². The Kier molecular flexibility index (Phi) is 11.6. The summed E-state index contributed by atoms with van der Waals surface area (Å²) in [4.78, 5) is 19.6. The highest BCUT2D eigenvalue weighted by Crippen LogP contribution is 2.54. The topological polar surface area (TPSA) is 89.8 Å². The predicted molar refractivity (Wildman–Crippen MR) is 92.2 cm³/mol. The Morgan fingerprint density at radius 2 is 1.64 bits per heavy atom. The maximum absolute atomic E-state index is 12.0. The van der Waals surface area contributed by atoms with Gasteiger partial charge in [-0.3, -0.25) is 4.57 Å². The summed E-state index contributed by atoms with van der Waals surface area (Å²) in [6.45, 7) is 7.54. The van der Waals surface area contributed by atoms with Gasteiger partial charge in [0.05, 0.1) is 5.66 Å². The molecule has 0 aliphatic carbocycles. The van der Waals surface area contributed by atoms with Crippen molar-refractivity contribution in [3.63, 3.8) is 0 Å². The molecule has 0 saturated carbocycles. The van der Waals surface area contributed by atoms with E-state index in [1.807, 2.05) is 13.8 Å². The van der Waals surface area contributed by atoms with Crippen molar-refractivity contribution >= 4 is 7.60 Å². The van der Waals surface area contributed by atoms with E-state index in [4.69, 9.17) is 5.11 Å². The minimum atomic E-state index is -4.12. The summed E-state index contributed by atoms with van der Waals surface area (Å²) in [5.41, 5.74) is -0.884. The van der Waals surface area contributed by atoms with Crippen LogP contribution in [0, 0.1) is 5.41 Å². The van der Waals surface area contributed by atoms with Gasteiger partial charge in [0, 0.05) is 13.2 Å². The third kappa shape index (κ3) is 7.56. The smallest absolute Gasteiger partial charge is 0.330 e. The van der Waals surface area contributed by atoms with Crippen LogP contribution in [0.15, 0.2) is 0 Å². The molecule has 0 bridgehead atoms. The Bertz CT molecular complexity index is 315. The number of hydrogen-bond acceptors (Lipinski definition) is 3. The first-order valence-electron chi connectivity index (χ1n) is 8.74. The largest absolute Gasteiger partial charge is 0.396 e. The second kappa shape index (κ2) is 11.6. The highest BCUT2D eigenvalue weighted by Gasteiger charge is 2.44. The molecule has 0 aromatic heterocycles. The number of rotatable bonds is 14. The molecule has 0 radical (unpaired) electrons. The summed E-state index contributed by atoms with van der Waals surface area (Å²) in [5, 5.41) is 12.0. The molecule has 22 heavy (non-hydrogen) atoms. The Morgan fingerprint density at radius 3 is 2.09 bits per heavy atom. The maximum Gasteiger partial charge on any atom is 0.330 e. The van der Waals surface area contributed by atoms with Crippen LogP contribution < -0.4 is 5.32 Å². The van der Waals surface area contributed by atoms with E-state index in [-0.39, 0.29) is 12.0 Å². The van der Waals surface area contributed by atoms with Gasteiger partial charge in [-0.15, -0.1) is 0 Å². The molecular formula is C16H36NO4P. The molecule has 0 aliphatic heterocycles. The molecule has 0 rings (SSSR count). The van der Waals surface area contributed by atoms with Gasteiger partial charge in [0.1, 0.15) is 0 Å². The lowest BCUT2D eigenvalue weighted by Gasteiger charge is -2.40. The Balaban J connectivity index is 4.56. The van der Waals surface area contributed by atoms with Crippen LogP contribution >= 0.6 is 7.60 Å². The number of aliphatic hydroxyl groups excluding tert-OH is 1. The van der Waals surface area contributed by atoms with Crippen LogP contribution in [0.4, 0.5) is 0 Å². The van der Waals surface area contributed by atoms with Crippen molar-refractivity contribution in [2.45, 2.75) is 77.8 Å². The molecule has 1 atom stereocenters. The first kappa shape index (κ1) is 22.1. The fourth-order valence-electron chi connectivity index (χ4n) is 3.39. The van der Waals surface area contributed by atoms with Crippen LogP contribution in [-0.2, 0) is 4.57 Å². The SMILES string of the molecule is CCCC(CC)(CC)C(CNCCCCCCO)P(=O)(O)O. The average Bonchev–Trinajstić information content (AvgIpc) is 2.47. The van der Waals surface area contributed by atoms with Crippen molar-refractivity contribution in [2.24, 2.45) is 5.41 Å². The lowest BCUT2D eigenvalue weighted by Crippen LogP contribution is -2.41. The molecular weight excluding hydrogens is 301 g/mol. The lowest BCUT2D eigenvalue weighted by atomic mass is 9.75. The zero-order valence-corrected chi connectivity index (χ0v) is 15.4. The lowest BCUT2D eigenvalue weighted by molar-refractivity contribution is 0.192. The molecule has 0 aromatic carbocycles. The quantitative estimate of drug-likeness (QED) is 0.288. The summed E-state index contributed by atoms with van der Waals surface area (Å²) < 4.78 is 12.0. The minimum Gasteiger partial charge on any atom is -0.396 e. The van der Waals surface area contributed by atoms with Gasteiger partial charge < -0.3 is 20.2 Å². The first-order valence-corrected chi connectivity index (χ1v) is 10.4. The second-order valence-corrected chi connectivity index (χ2v) is 8.07. The molecule has 6 heteroatoms. The fraction of sp³-hybridized carbons (Fsp3) is 1.00. The normalized spacial score (nSPS) is 14.3. The number of hydrogen-bond donors (Lipinski definition) is 4. The van der Waals surface area contributed by atoms with Gasteiger partial charge in [-0.1, -0.05) is 40.0 Å². The van der Waals surface area contributed by atoms with Gasteiger partial charge in [0.2, 0.25) is 0 Å². The van der Waals surface area contributed by atoms with E-state index in [1.165, 1.54) is 0 Å². The van der Waals surface area contributed by atoms with Crippen LogP contribution in [0.5, 0.6) is 0 Å². The van der Waals surface area contributed by atoms with Crippen LogP contribution in [0.3, 0.4) is 0 Å². The van der Waals surface area contributed by atoms with Crippen molar-refractivity contribution in [1.29, 1.82) is 0 Å². The fourth-order valence-corrected chi connectivity index (χ4v) is 4.96. The summed E-state index contributed by atoms with van der Waals surface area (Å²) in [5.74, 6) is 0. The van der Waals surface area contributed by atoms with Gasteiger partial charge in [-0.05, 0) is 44.1 Å². The van der Waals surface area contributed by atoms with E-state index in [9.17, 15) is 14.4 Å². The standard InChI is InChI=1S/C16H36NO4P/c1-4-11-16(5-2,6-3)15(22(19,20)21)14-17-12-9-7-8-10-13-18/h15,17-18H,4-14H2,1-3H3,(H2,19,20,21). The first-order chi connectivity index (χ1) is 10.4. The molecule has 0 fully saturated rings. The van der Waals surface area contributed by atoms with Crippen LogP contribution in [-0.4, -0.2) is 40.2 Å². The van der Waals surface area contributed by atoms with E-state index in [2.05, 4.69) is 12.2 Å². The van der Waals surface area contributed by atoms with Crippen LogP contribution in [0.2, 0.25) is 0 Å². The summed E-state index contributed by atoms with van der Waals surface area (Å²) in [6.07, 6.45) is 7.24. The molecule has 0 spiro atoms. The summed E-state index contributed by atoms with van der Waals surface area (Å²) in [7, 11) is -4.12. The van der Waals surface area contributed by atoms with E-state index in [0.717, 1.165) is 57.9 Å². The second-order valence-electron chi connectivity index (χ2n) is 6.27. The molecule has 134 valence electrons. The molecule has 1 unspecified atom stereocenters. The van der Waals surface area contributed by atoms with Gasteiger partial charge in [0.15, 0.2) is 0 Å². The zero-order chi connectivity index (χ0) is 17.1. The van der Waals surface area contributed by atoms with Crippen molar-refractivity contribution in [1.82, 2.24) is 5.32 Å². The molecule has 0 saturated heterocycles. The van der Waals surface area contributed by atoms with E-state index in [0.29, 0.717) is 6.54 Å².